The standard InChI is InChI=1S/C14H20N4O2/c1-11-3-5-13(6-4-11)20-9-12(19)7-15-8-14-16-10-18(2)17-14/h3-6,10,12,15,19H,7-9H2,1-2H3. The number of nitrogens with one attached hydrogen (secondary N) is 1. The van der Waals surface area contributed by atoms with E-state index in [4.69, 9.17) is 4.74 Å². The molecule has 1 atom stereocenters. The van der Waals surface area contributed by atoms with E-state index in [0.717, 1.165) is 5.75 Å². The summed E-state index contributed by atoms with van der Waals surface area (Å²) >= 11 is 0. The summed E-state index contributed by atoms with van der Waals surface area (Å²) in [6, 6.07) is 7.75. The number of hydrogen-bond acceptors (Lipinski definition) is 5. The average Bonchev–Trinajstić information content (AvgIpc) is 2.84. The topological polar surface area (TPSA) is 72.2 Å². The van der Waals surface area contributed by atoms with Crippen LogP contribution >= 0.6 is 0 Å². The largest absolute Gasteiger partial charge is 0.491 e. The number of aryl methyl sites for hydroxylation is 2. The van der Waals surface area contributed by atoms with Crippen LogP contribution in [-0.2, 0) is 13.6 Å². The number of aliphatic hydroxyl groups is 1. The lowest BCUT2D eigenvalue weighted by Crippen LogP contribution is -2.31. The number of aliphatic hydroxyl groups excluding tert-OH is 1. The Morgan fingerprint density at radius 1 is 1.35 bits per heavy atom. The maximum atomic E-state index is 9.81. The van der Waals surface area contributed by atoms with Gasteiger partial charge in [-0.15, -0.1) is 0 Å². The van der Waals surface area contributed by atoms with Gasteiger partial charge >= 0.3 is 0 Å². The Labute approximate surface area is 118 Å². The summed E-state index contributed by atoms with van der Waals surface area (Å²) in [5.74, 6) is 1.47. The van der Waals surface area contributed by atoms with Crippen molar-refractivity contribution in [2.75, 3.05) is 13.2 Å². The quantitative estimate of drug-likeness (QED) is 0.777. The molecule has 0 aliphatic rings. The molecule has 1 aromatic carbocycles. The van der Waals surface area contributed by atoms with Crippen LogP contribution in [0.3, 0.4) is 0 Å². The summed E-state index contributed by atoms with van der Waals surface area (Å²) in [6.45, 7) is 3.24. The predicted octanol–water partition coefficient (Wildman–Crippen LogP) is 0.653. The van der Waals surface area contributed by atoms with Crippen LogP contribution in [0.4, 0.5) is 0 Å². The van der Waals surface area contributed by atoms with E-state index in [2.05, 4.69) is 15.4 Å². The molecule has 0 saturated carbocycles. The van der Waals surface area contributed by atoms with Crippen molar-refractivity contribution in [3.63, 3.8) is 0 Å². The van der Waals surface area contributed by atoms with Gasteiger partial charge < -0.3 is 15.2 Å². The first-order valence-electron chi connectivity index (χ1n) is 6.56. The molecule has 6 heteroatoms. The Kier molecular flexibility index (Phi) is 5.09. The van der Waals surface area contributed by atoms with Crippen molar-refractivity contribution < 1.29 is 9.84 Å². The fourth-order valence-electron chi connectivity index (χ4n) is 1.70. The van der Waals surface area contributed by atoms with Crippen LogP contribution in [0.25, 0.3) is 0 Å². The molecule has 0 bridgehead atoms. The Morgan fingerprint density at radius 2 is 2.10 bits per heavy atom. The van der Waals surface area contributed by atoms with E-state index < -0.39 is 6.10 Å². The van der Waals surface area contributed by atoms with Crippen molar-refractivity contribution in [3.8, 4) is 5.75 Å². The first-order valence-corrected chi connectivity index (χ1v) is 6.56. The zero-order valence-corrected chi connectivity index (χ0v) is 11.8. The van der Waals surface area contributed by atoms with Crippen LogP contribution in [0.15, 0.2) is 30.6 Å². The Balaban J connectivity index is 1.65. The van der Waals surface area contributed by atoms with Crippen LogP contribution < -0.4 is 10.1 Å². The van der Waals surface area contributed by atoms with E-state index in [0.29, 0.717) is 18.9 Å². The van der Waals surface area contributed by atoms with Gasteiger partial charge in [0.05, 0.1) is 6.54 Å². The molecule has 0 radical (unpaired) electrons. The van der Waals surface area contributed by atoms with Gasteiger partial charge in [0.25, 0.3) is 0 Å². The van der Waals surface area contributed by atoms with Crippen molar-refractivity contribution >= 4 is 0 Å². The zero-order chi connectivity index (χ0) is 14.4. The van der Waals surface area contributed by atoms with Crippen LogP contribution in [0.1, 0.15) is 11.4 Å². The molecule has 20 heavy (non-hydrogen) atoms. The Bertz CT molecular complexity index is 524. The minimum absolute atomic E-state index is 0.256. The molecular formula is C14H20N4O2. The Morgan fingerprint density at radius 3 is 2.75 bits per heavy atom. The highest BCUT2D eigenvalue weighted by Gasteiger charge is 2.06. The van der Waals surface area contributed by atoms with E-state index in [1.54, 1.807) is 11.0 Å². The van der Waals surface area contributed by atoms with Crippen LogP contribution in [0, 0.1) is 6.92 Å². The fraction of sp³-hybridized carbons (Fsp3) is 0.429. The molecule has 1 aromatic heterocycles. The molecule has 0 aliphatic heterocycles. The summed E-state index contributed by atoms with van der Waals surface area (Å²) in [4.78, 5) is 4.09. The molecule has 0 amide bonds. The van der Waals surface area contributed by atoms with Crippen LogP contribution in [0.5, 0.6) is 5.75 Å². The molecule has 2 rings (SSSR count). The molecule has 0 aliphatic carbocycles. The van der Waals surface area contributed by atoms with E-state index in [9.17, 15) is 5.11 Å². The lowest BCUT2D eigenvalue weighted by molar-refractivity contribution is 0.106. The van der Waals surface area contributed by atoms with Crippen LogP contribution in [0.2, 0.25) is 0 Å². The fourth-order valence-corrected chi connectivity index (χ4v) is 1.70. The molecule has 108 valence electrons. The van der Waals surface area contributed by atoms with E-state index in [1.807, 2.05) is 38.2 Å². The number of nitrogens with zero attached hydrogens (tertiary/aromatic N) is 3. The summed E-state index contributed by atoms with van der Waals surface area (Å²) < 4.78 is 7.15. The summed E-state index contributed by atoms with van der Waals surface area (Å²) in [5.41, 5.74) is 1.18. The van der Waals surface area contributed by atoms with Gasteiger partial charge in [0.2, 0.25) is 0 Å². The van der Waals surface area contributed by atoms with E-state index in [1.165, 1.54) is 5.56 Å². The third-order valence-corrected chi connectivity index (χ3v) is 2.77. The second-order valence-corrected chi connectivity index (χ2v) is 4.74. The van der Waals surface area contributed by atoms with Gasteiger partial charge in [-0.2, -0.15) is 5.10 Å². The molecule has 1 heterocycles. The maximum absolute atomic E-state index is 9.81. The van der Waals surface area contributed by atoms with Crippen molar-refractivity contribution in [3.05, 3.63) is 42.0 Å². The first kappa shape index (κ1) is 14.5. The van der Waals surface area contributed by atoms with Gasteiger partial charge in [-0.05, 0) is 19.1 Å². The van der Waals surface area contributed by atoms with Crippen molar-refractivity contribution in [1.29, 1.82) is 0 Å². The van der Waals surface area contributed by atoms with Gasteiger partial charge in [0.15, 0.2) is 5.82 Å². The summed E-state index contributed by atoms with van der Waals surface area (Å²) in [6.07, 6.45) is 1.08. The minimum atomic E-state index is -0.569. The first-order chi connectivity index (χ1) is 9.63. The summed E-state index contributed by atoms with van der Waals surface area (Å²) in [7, 11) is 1.82. The second-order valence-electron chi connectivity index (χ2n) is 4.74. The lowest BCUT2D eigenvalue weighted by Gasteiger charge is -2.12. The van der Waals surface area contributed by atoms with Crippen molar-refractivity contribution in [2.45, 2.75) is 19.6 Å². The third-order valence-electron chi connectivity index (χ3n) is 2.77. The van der Waals surface area contributed by atoms with Crippen molar-refractivity contribution in [2.24, 2.45) is 7.05 Å². The van der Waals surface area contributed by atoms with Crippen LogP contribution in [-0.4, -0.2) is 39.1 Å². The molecule has 0 saturated heterocycles. The number of aromatic nitrogens is 3. The molecule has 1 unspecified atom stereocenters. The maximum Gasteiger partial charge on any atom is 0.164 e. The highest BCUT2D eigenvalue weighted by Crippen LogP contribution is 2.11. The monoisotopic (exact) mass is 276 g/mol. The lowest BCUT2D eigenvalue weighted by atomic mass is 10.2. The van der Waals surface area contributed by atoms with Gasteiger partial charge in [0.1, 0.15) is 24.8 Å². The molecule has 2 N–H and O–H groups in total. The van der Waals surface area contributed by atoms with Crippen molar-refractivity contribution in [1.82, 2.24) is 20.1 Å². The molecule has 2 aromatic rings. The average molecular weight is 276 g/mol. The molecule has 6 nitrogen and oxygen atoms in total. The van der Waals surface area contributed by atoms with Gasteiger partial charge in [-0.1, -0.05) is 17.7 Å². The zero-order valence-electron chi connectivity index (χ0n) is 11.8. The van der Waals surface area contributed by atoms with Gasteiger partial charge in [-0.3, -0.25) is 4.68 Å². The SMILES string of the molecule is Cc1ccc(OCC(O)CNCc2ncn(C)n2)cc1. The minimum Gasteiger partial charge on any atom is -0.491 e. The third kappa shape index (κ3) is 4.64. The summed E-state index contributed by atoms with van der Waals surface area (Å²) in [5, 5.41) is 17.0. The second kappa shape index (κ2) is 7.02. The molecule has 0 fully saturated rings. The molecular weight excluding hydrogens is 256 g/mol. The number of ether oxygens (including phenoxy) is 1. The Hall–Kier alpha value is -1.92. The number of hydrogen-bond donors (Lipinski definition) is 2. The van der Waals surface area contributed by atoms with Gasteiger partial charge in [-0.25, -0.2) is 4.98 Å². The molecule has 0 spiro atoms. The normalized spacial score (nSPS) is 12.3. The number of rotatable bonds is 7. The van der Waals surface area contributed by atoms with Gasteiger partial charge in [0, 0.05) is 13.6 Å². The van der Waals surface area contributed by atoms with E-state index >= 15 is 0 Å². The predicted molar refractivity (Wildman–Crippen MR) is 75.4 cm³/mol. The highest BCUT2D eigenvalue weighted by molar-refractivity contribution is 5.26. The smallest absolute Gasteiger partial charge is 0.164 e. The number of benzene rings is 1. The van der Waals surface area contributed by atoms with E-state index in [-0.39, 0.29) is 6.61 Å². The highest BCUT2D eigenvalue weighted by atomic mass is 16.5.